The number of carbonyl (C=O) groups excluding carboxylic acids is 1. The summed E-state index contributed by atoms with van der Waals surface area (Å²) in [5, 5.41) is 11.4. The number of amides is 1. The fourth-order valence-corrected chi connectivity index (χ4v) is 3.63. The minimum atomic E-state index is -2.69. The molecular formula is C13H16F2N6OS. The van der Waals surface area contributed by atoms with Gasteiger partial charge in [-0.1, -0.05) is 11.8 Å². The summed E-state index contributed by atoms with van der Waals surface area (Å²) in [5.41, 5.74) is 0.835. The van der Waals surface area contributed by atoms with E-state index in [0.29, 0.717) is 18.1 Å². The average molecular weight is 342 g/mol. The van der Waals surface area contributed by atoms with E-state index >= 15 is 0 Å². The van der Waals surface area contributed by atoms with Crippen LogP contribution in [0.4, 0.5) is 14.6 Å². The quantitative estimate of drug-likeness (QED) is 0.846. The summed E-state index contributed by atoms with van der Waals surface area (Å²) in [6.45, 7) is 2.43. The van der Waals surface area contributed by atoms with Crippen LogP contribution in [0, 0.1) is 6.92 Å². The van der Waals surface area contributed by atoms with Gasteiger partial charge in [-0.05, 0) is 13.3 Å². The number of nitrogens with zero attached hydrogens (tertiary/aromatic N) is 6. The molecule has 0 N–H and O–H groups in total. The van der Waals surface area contributed by atoms with Crippen molar-refractivity contribution in [3.05, 3.63) is 17.6 Å². The zero-order valence-electron chi connectivity index (χ0n) is 12.9. The first-order valence-electron chi connectivity index (χ1n) is 7.04. The molecule has 7 nitrogen and oxygen atoms in total. The molecule has 2 aromatic rings. The molecule has 0 bridgehead atoms. The fraction of sp³-hybridized carbons (Fsp3) is 0.538. The highest BCUT2D eigenvalue weighted by atomic mass is 32.2. The maximum atomic E-state index is 12.7. The molecule has 1 aliphatic rings. The molecule has 0 unspecified atom stereocenters. The number of halogens is 2. The van der Waals surface area contributed by atoms with E-state index in [4.69, 9.17) is 0 Å². The van der Waals surface area contributed by atoms with Crippen molar-refractivity contribution in [2.75, 3.05) is 11.4 Å². The first-order chi connectivity index (χ1) is 10.9. The highest BCUT2D eigenvalue weighted by Crippen LogP contribution is 2.33. The van der Waals surface area contributed by atoms with Crippen LogP contribution in [0.2, 0.25) is 0 Å². The van der Waals surface area contributed by atoms with Crippen molar-refractivity contribution in [2.45, 2.75) is 30.2 Å². The van der Waals surface area contributed by atoms with E-state index in [-0.39, 0.29) is 11.2 Å². The van der Waals surface area contributed by atoms with Crippen LogP contribution in [0.5, 0.6) is 0 Å². The Morgan fingerprint density at radius 3 is 2.65 bits per heavy atom. The Hall–Kier alpha value is -1.97. The van der Waals surface area contributed by atoms with Crippen molar-refractivity contribution in [3.63, 3.8) is 0 Å². The Kier molecular flexibility index (Phi) is 4.09. The average Bonchev–Trinajstić information content (AvgIpc) is 3.11. The van der Waals surface area contributed by atoms with Gasteiger partial charge in [-0.15, -0.1) is 10.2 Å². The number of rotatable bonds is 4. The topological polar surface area (TPSA) is 68.8 Å². The van der Waals surface area contributed by atoms with Gasteiger partial charge in [-0.3, -0.25) is 14.4 Å². The molecule has 0 spiro atoms. The maximum Gasteiger partial charge on any atom is 0.297 e. The highest BCUT2D eigenvalue weighted by molar-refractivity contribution is 8.00. The van der Waals surface area contributed by atoms with Gasteiger partial charge in [-0.2, -0.15) is 5.10 Å². The molecule has 0 radical (unpaired) electrons. The summed E-state index contributed by atoms with van der Waals surface area (Å²) in [6, 6.07) is 1.85. The lowest BCUT2D eigenvalue weighted by Crippen LogP contribution is -2.29. The third kappa shape index (κ3) is 2.82. The summed E-state index contributed by atoms with van der Waals surface area (Å²) in [6.07, 6.45) is -2.07. The zero-order chi connectivity index (χ0) is 16.7. The number of aromatic nitrogens is 5. The van der Waals surface area contributed by atoms with Crippen LogP contribution >= 0.6 is 11.8 Å². The molecule has 2 aromatic heterocycles. The van der Waals surface area contributed by atoms with Crippen LogP contribution < -0.4 is 4.90 Å². The zero-order valence-corrected chi connectivity index (χ0v) is 13.7. The monoisotopic (exact) mass is 342 g/mol. The maximum absolute atomic E-state index is 12.7. The number of thioether (sulfide) groups is 1. The molecule has 10 heteroatoms. The molecule has 3 heterocycles. The summed E-state index contributed by atoms with van der Waals surface area (Å²) >= 11 is 1.17. The SMILES string of the molecule is Cc1cc(N2CC[C@@H](Sc3nnc(C(F)F)n3C)C2=O)n(C)n1. The summed E-state index contributed by atoms with van der Waals surface area (Å²) in [4.78, 5) is 14.3. The molecule has 3 rings (SSSR count). The van der Waals surface area contributed by atoms with E-state index < -0.39 is 12.2 Å². The number of hydrogen-bond donors (Lipinski definition) is 0. The standard InChI is InChI=1S/C13H16F2N6OS/c1-7-6-9(20(3)18-7)21-5-4-8(12(21)22)23-13-17-16-11(10(14)15)19(13)2/h6,8,10H,4-5H2,1-3H3/t8-/m1/s1. The predicted octanol–water partition coefficient (Wildman–Crippen LogP) is 1.69. The third-order valence-corrected chi connectivity index (χ3v) is 5.01. The Bertz CT molecular complexity index is 743. The molecule has 0 aliphatic carbocycles. The van der Waals surface area contributed by atoms with Gasteiger partial charge in [0.05, 0.1) is 10.9 Å². The van der Waals surface area contributed by atoms with Crippen molar-refractivity contribution in [1.29, 1.82) is 0 Å². The van der Waals surface area contributed by atoms with E-state index in [1.54, 1.807) is 16.6 Å². The van der Waals surface area contributed by atoms with E-state index in [1.807, 2.05) is 13.0 Å². The van der Waals surface area contributed by atoms with Gasteiger partial charge in [0.1, 0.15) is 5.82 Å². The molecule has 0 aromatic carbocycles. The van der Waals surface area contributed by atoms with Crippen LogP contribution in [0.25, 0.3) is 0 Å². The van der Waals surface area contributed by atoms with Gasteiger partial charge in [0.15, 0.2) is 5.16 Å². The molecule has 124 valence electrons. The first-order valence-corrected chi connectivity index (χ1v) is 7.92. The lowest BCUT2D eigenvalue weighted by Gasteiger charge is -2.16. The van der Waals surface area contributed by atoms with Gasteiger partial charge in [0.2, 0.25) is 11.7 Å². The number of aryl methyl sites for hydroxylation is 2. The van der Waals surface area contributed by atoms with Crippen LogP contribution in [-0.2, 0) is 18.9 Å². The van der Waals surface area contributed by atoms with Crippen LogP contribution in [-0.4, -0.2) is 42.2 Å². The molecular weight excluding hydrogens is 326 g/mol. The molecule has 0 saturated carbocycles. The van der Waals surface area contributed by atoms with Crippen molar-refractivity contribution in [1.82, 2.24) is 24.5 Å². The van der Waals surface area contributed by atoms with Gasteiger partial charge < -0.3 is 4.57 Å². The summed E-state index contributed by atoms with van der Waals surface area (Å²) < 4.78 is 28.4. The van der Waals surface area contributed by atoms with Crippen LogP contribution in [0.15, 0.2) is 11.2 Å². The normalized spacial score (nSPS) is 18.4. The number of carbonyl (C=O) groups is 1. The Labute approximate surface area is 135 Å². The molecule has 1 atom stereocenters. The van der Waals surface area contributed by atoms with Crippen LogP contribution in [0.3, 0.4) is 0 Å². The van der Waals surface area contributed by atoms with E-state index in [0.717, 1.165) is 11.5 Å². The number of hydrogen-bond acceptors (Lipinski definition) is 5. The summed E-state index contributed by atoms with van der Waals surface area (Å²) in [5.74, 6) is 0.276. The smallest absolute Gasteiger partial charge is 0.297 e. The molecule has 1 fully saturated rings. The van der Waals surface area contributed by atoms with Gasteiger partial charge in [0.25, 0.3) is 6.43 Å². The second-order valence-electron chi connectivity index (χ2n) is 5.35. The van der Waals surface area contributed by atoms with E-state index in [9.17, 15) is 13.6 Å². The second-order valence-corrected chi connectivity index (χ2v) is 6.52. The van der Waals surface area contributed by atoms with Crippen molar-refractivity contribution >= 4 is 23.5 Å². The second kappa shape index (κ2) is 5.91. The molecule has 1 amide bonds. The van der Waals surface area contributed by atoms with Gasteiger partial charge in [0, 0.05) is 26.7 Å². The number of anilines is 1. The minimum Gasteiger partial charge on any atom is -0.304 e. The fourth-order valence-electron chi connectivity index (χ4n) is 2.59. The first kappa shape index (κ1) is 15.9. The Morgan fingerprint density at radius 1 is 1.35 bits per heavy atom. The molecule has 23 heavy (non-hydrogen) atoms. The highest BCUT2D eigenvalue weighted by Gasteiger charge is 2.36. The summed E-state index contributed by atoms with van der Waals surface area (Å²) in [7, 11) is 3.26. The Balaban J connectivity index is 1.76. The predicted molar refractivity (Wildman–Crippen MR) is 80.5 cm³/mol. The van der Waals surface area contributed by atoms with Crippen molar-refractivity contribution in [3.8, 4) is 0 Å². The Morgan fingerprint density at radius 2 is 2.09 bits per heavy atom. The lowest BCUT2D eigenvalue weighted by molar-refractivity contribution is -0.116. The molecule has 1 saturated heterocycles. The lowest BCUT2D eigenvalue weighted by atomic mass is 10.4. The molecule has 1 aliphatic heterocycles. The van der Waals surface area contributed by atoms with Gasteiger partial charge in [-0.25, -0.2) is 8.78 Å². The third-order valence-electron chi connectivity index (χ3n) is 3.72. The largest absolute Gasteiger partial charge is 0.304 e. The van der Waals surface area contributed by atoms with E-state index in [2.05, 4.69) is 15.3 Å². The minimum absolute atomic E-state index is 0.0698. The van der Waals surface area contributed by atoms with Crippen molar-refractivity contribution < 1.29 is 13.6 Å². The van der Waals surface area contributed by atoms with Crippen molar-refractivity contribution in [2.24, 2.45) is 14.1 Å². The number of alkyl halides is 2. The van der Waals surface area contributed by atoms with Gasteiger partial charge >= 0.3 is 0 Å². The van der Waals surface area contributed by atoms with Crippen LogP contribution in [0.1, 0.15) is 24.4 Å². The van der Waals surface area contributed by atoms with E-state index in [1.165, 1.54) is 23.4 Å².